The van der Waals surface area contributed by atoms with Gasteiger partial charge in [-0.15, -0.1) is 0 Å². The second-order valence-corrected chi connectivity index (χ2v) is 9.69. The topological polar surface area (TPSA) is 204 Å². The molecule has 0 saturated carbocycles. The molecule has 2 aliphatic heterocycles. The highest BCUT2D eigenvalue weighted by Crippen LogP contribution is 2.32. The maximum atomic E-state index is 12.2. The normalized spacial score (nSPS) is 23.4. The first-order valence-electron chi connectivity index (χ1n) is 13.1. The van der Waals surface area contributed by atoms with Crippen molar-refractivity contribution in [3.8, 4) is 0 Å². The smallest absolute Gasteiger partial charge is 0.335 e. The van der Waals surface area contributed by atoms with Gasteiger partial charge in [0, 0.05) is 51.5 Å². The minimum atomic E-state index is -1.42. The van der Waals surface area contributed by atoms with Gasteiger partial charge in [0.1, 0.15) is 17.7 Å². The van der Waals surface area contributed by atoms with Gasteiger partial charge in [-0.05, 0) is 31.2 Å². The quantitative estimate of drug-likeness (QED) is 0.190. The van der Waals surface area contributed by atoms with Crippen molar-refractivity contribution in [2.75, 3.05) is 61.8 Å². The Hall–Kier alpha value is -4.05. The minimum Gasteiger partial charge on any atom is -0.478 e. The van der Waals surface area contributed by atoms with Crippen molar-refractivity contribution in [3.05, 3.63) is 36.2 Å². The van der Waals surface area contributed by atoms with Crippen LogP contribution in [-0.2, 0) is 9.53 Å². The van der Waals surface area contributed by atoms with Crippen LogP contribution >= 0.6 is 0 Å². The standard InChI is InChI=1S/C25H33N9O6/c1-2-27-22(37)19-17(35)18(36)23(40-19)34-13-29-16-20(26)30-25(31-21(16)34)28-7-8-32-9-11-33(12-10-32)15-5-3-14(4-6-15)24(38)39/h3-6,13,17-19,23,35-36H,2,7-12H2,1H3,(H,27,37)(H,38,39)(H3,26,28,30,31)/t17-,18+,19-,23+/m0/s1. The fraction of sp³-hybridized carbons (Fsp3) is 0.480. The van der Waals surface area contributed by atoms with Crippen LogP contribution in [0.1, 0.15) is 23.5 Å². The third-order valence-corrected chi connectivity index (χ3v) is 7.13. The van der Waals surface area contributed by atoms with Crippen LogP contribution in [0.5, 0.6) is 0 Å². The van der Waals surface area contributed by atoms with E-state index in [-0.39, 0.29) is 17.3 Å². The van der Waals surface area contributed by atoms with Crippen LogP contribution in [0, 0.1) is 0 Å². The highest BCUT2D eigenvalue weighted by Gasteiger charge is 2.47. The molecule has 2 aliphatic rings. The van der Waals surface area contributed by atoms with E-state index in [0.29, 0.717) is 24.3 Å². The average molecular weight is 556 g/mol. The molecule has 4 atom stereocenters. The van der Waals surface area contributed by atoms with Crippen LogP contribution in [0.15, 0.2) is 30.6 Å². The first-order chi connectivity index (χ1) is 19.3. The summed E-state index contributed by atoms with van der Waals surface area (Å²) in [5, 5.41) is 35.8. The van der Waals surface area contributed by atoms with Gasteiger partial charge in [0.25, 0.3) is 5.91 Å². The van der Waals surface area contributed by atoms with Crippen LogP contribution in [0.25, 0.3) is 11.2 Å². The van der Waals surface area contributed by atoms with Crippen LogP contribution in [0.3, 0.4) is 0 Å². The fourth-order valence-corrected chi connectivity index (χ4v) is 4.95. The summed E-state index contributed by atoms with van der Waals surface area (Å²) >= 11 is 0. The highest BCUT2D eigenvalue weighted by atomic mass is 16.6. The summed E-state index contributed by atoms with van der Waals surface area (Å²) in [5.41, 5.74) is 8.00. The number of fused-ring (bicyclic) bond motifs is 1. The van der Waals surface area contributed by atoms with E-state index in [1.807, 2.05) is 12.1 Å². The van der Waals surface area contributed by atoms with Crippen molar-refractivity contribution >= 4 is 40.5 Å². The number of aliphatic hydroxyl groups is 2. The van der Waals surface area contributed by atoms with Gasteiger partial charge in [-0.2, -0.15) is 9.97 Å². The maximum absolute atomic E-state index is 12.2. The molecule has 2 aromatic heterocycles. The molecular formula is C25H33N9O6. The van der Waals surface area contributed by atoms with Crippen LogP contribution in [0.4, 0.5) is 17.5 Å². The lowest BCUT2D eigenvalue weighted by molar-refractivity contribution is -0.137. The van der Waals surface area contributed by atoms with E-state index < -0.39 is 36.4 Å². The molecule has 3 aromatic rings. The van der Waals surface area contributed by atoms with E-state index in [2.05, 4.69) is 35.4 Å². The van der Waals surface area contributed by atoms with E-state index >= 15 is 0 Å². The Kier molecular flexibility index (Phi) is 7.97. The molecule has 4 heterocycles. The first-order valence-corrected chi connectivity index (χ1v) is 13.1. The molecule has 5 rings (SSSR count). The SMILES string of the molecule is CCNC(=O)[C@H]1O[C@@H](n2cnc3c(N)nc(NCCN4CCN(c5ccc(C(=O)O)cc5)CC4)nc32)[C@H](O)[C@@H]1O. The van der Waals surface area contributed by atoms with Gasteiger partial charge < -0.3 is 41.3 Å². The van der Waals surface area contributed by atoms with E-state index in [1.165, 1.54) is 10.9 Å². The van der Waals surface area contributed by atoms with Crippen molar-refractivity contribution in [2.45, 2.75) is 31.5 Å². The predicted molar refractivity (Wildman–Crippen MR) is 145 cm³/mol. The van der Waals surface area contributed by atoms with Crippen molar-refractivity contribution in [2.24, 2.45) is 0 Å². The fourth-order valence-electron chi connectivity index (χ4n) is 4.95. The van der Waals surface area contributed by atoms with E-state index in [4.69, 9.17) is 15.6 Å². The molecular weight excluding hydrogens is 522 g/mol. The van der Waals surface area contributed by atoms with Gasteiger partial charge >= 0.3 is 5.97 Å². The van der Waals surface area contributed by atoms with Crippen molar-refractivity contribution in [3.63, 3.8) is 0 Å². The van der Waals surface area contributed by atoms with E-state index in [9.17, 15) is 19.8 Å². The summed E-state index contributed by atoms with van der Waals surface area (Å²) in [5.74, 6) is -1.04. The number of hydrogen-bond acceptors (Lipinski definition) is 12. The average Bonchev–Trinajstić information content (AvgIpc) is 3.50. The molecule has 0 radical (unpaired) electrons. The van der Waals surface area contributed by atoms with Gasteiger partial charge in [-0.3, -0.25) is 14.3 Å². The number of likely N-dealkylation sites (N-methyl/N-ethyl adjacent to an activating group) is 1. The lowest BCUT2D eigenvalue weighted by Gasteiger charge is -2.36. The summed E-state index contributed by atoms with van der Waals surface area (Å²) in [6, 6.07) is 6.90. The number of aromatic nitrogens is 4. The van der Waals surface area contributed by atoms with E-state index in [0.717, 1.165) is 38.4 Å². The number of amides is 1. The number of nitrogen functional groups attached to an aromatic ring is 1. The number of carboxylic acid groups (broad SMARTS) is 1. The summed E-state index contributed by atoms with van der Waals surface area (Å²) in [6.07, 6.45) is -3.75. The second-order valence-electron chi connectivity index (χ2n) is 9.69. The number of nitrogens with one attached hydrogen (secondary N) is 2. The first kappa shape index (κ1) is 27.5. The molecule has 1 amide bonds. The number of piperazine rings is 1. The number of ether oxygens (including phenoxy) is 1. The number of nitrogens with two attached hydrogens (primary N) is 1. The number of benzene rings is 1. The summed E-state index contributed by atoms with van der Waals surface area (Å²) in [6.45, 7) is 6.68. The van der Waals surface area contributed by atoms with Crippen LogP contribution in [0.2, 0.25) is 0 Å². The number of hydrogen-bond donors (Lipinski definition) is 6. The Morgan fingerprint density at radius 1 is 1.10 bits per heavy atom. The number of imidazole rings is 1. The number of rotatable bonds is 9. The molecule has 0 aliphatic carbocycles. The molecule has 2 saturated heterocycles. The predicted octanol–water partition coefficient (Wildman–Crippen LogP) is -0.904. The number of carbonyl (C=O) groups is 2. The molecule has 2 fully saturated rings. The third-order valence-electron chi connectivity index (χ3n) is 7.13. The highest BCUT2D eigenvalue weighted by molar-refractivity contribution is 5.88. The Morgan fingerprint density at radius 3 is 2.50 bits per heavy atom. The number of aliphatic hydroxyl groups excluding tert-OH is 2. The van der Waals surface area contributed by atoms with Gasteiger partial charge in [-0.1, -0.05) is 0 Å². The van der Waals surface area contributed by atoms with Gasteiger partial charge in [0.2, 0.25) is 5.95 Å². The van der Waals surface area contributed by atoms with Crippen molar-refractivity contribution in [1.82, 2.24) is 29.7 Å². The molecule has 40 heavy (non-hydrogen) atoms. The molecule has 15 heteroatoms. The number of carboxylic acids is 1. The van der Waals surface area contributed by atoms with Crippen LogP contribution in [-0.4, -0.2) is 116 Å². The van der Waals surface area contributed by atoms with Crippen molar-refractivity contribution < 1.29 is 29.6 Å². The van der Waals surface area contributed by atoms with E-state index in [1.54, 1.807) is 19.1 Å². The van der Waals surface area contributed by atoms with Gasteiger partial charge in [-0.25, -0.2) is 9.78 Å². The van der Waals surface area contributed by atoms with Gasteiger partial charge in [0.15, 0.2) is 23.8 Å². The molecule has 0 spiro atoms. The number of aromatic carboxylic acids is 1. The van der Waals surface area contributed by atoms with Gasteiger partial charge in [0.05, 0.1) is 11.9 Å². The molecule has 15 nitrogen and oxygen atoms in total. The largest absolute Gasteiger partial charge is 0.478 e. The third kappa shape index (κ3) is 5.49. The Bertz CT molecular complexity index is 1360. The molecule has 0 bridgehead atoms. The molecule has 0 unspecified atom stereocenters. The van der Waals surface area contributed by atoms with Crippen molar-refractivity contribution in [1.29, 1.82) is 0 Å². The zero-order valence-electron chi connectivity index (χ0n) is 22.0. The Balaban J connectivity index is 1.19. The summed E-state index contributed by atoms with van der Waals surface area (Å²) < 4.78 is 7.14. The number of anilines is 3. The zero-order valence-corrected chi connectivity index (χ0v) is 22.0. The second kappa shape index (κ2) is 11.6. The maximum Gasteiger partial charge on any atom is 0.335 e. The summed E-state index contributed by atoms with van der Waals surface area (Å²) in [7, 11) is 0. The Morgan fingerprint density at radius 2 is 1.82 bits per heavy atom. The molecule has 1 aromatic carbocycles. The minimum absolute atomic E-state index is 0.141. The van der Waals surface area contributed by atoms with Crippen LogP contribution < -0.4 is 21.3 Å². The summed E-state index contributed by atoms with van der Waals surface area (Å²) in [4.78, 5) is 40.9. The zero-order chi connectivity index (χ0) is 28.4. The molecule has 7 N–H and O–H groups in total. The monoisotopic (exact) mass is 555 g/mol. The Labute approximate surface area is 229 Å². The number of carbonyl (C=O) groups excluding carboxylic acids is 1. The molecule has 214 valence electrons. The lowest BCUT2D eigenvalue weighted by atomic mass is 10.1. The number of nitrogens with zero attached hydrogens (tertiary/aromatic N) is 6. The lowest BCUT2D eigenvalue weighted by Crippen LogP contribution is -2.47.